The molecule has 0 aliphatic rings. The first-order valence-electron chi connectivity index (χ1n) is 6.03. The van der Waals surface area contributed by atoms with Crippen LogP contribution in [0.15, 0.2) is 46.9 Å². The van der Waals surface area contributed by atoms with Gasteiger partial charge in [-0.2, -0.15) is 0 Å². The van der Waals surface area contributed by atoms with E-state index < -0.39 is 0 Å². The van der Waals surface area contributed by atoms with Crippen LogP contribution in [0.1, 0.15) is 24.1 Å². The monoisotopic (exact) mass is 321 g/mol. The second-order valence-corrected chi connectivity index (χ2v) is 5.29. The number of hydrogen-bond acceptors (Lipinski definition) is 3. The van der Waals surface area contributed by atoms with Gasteiger partial charge < -0.3 is 15.6 Å². The first kappa shape index (κ1) is 14.1. The van der Waals surface area contributed by atoms with E-state index in [-0.39, 0.29) is 12.6 Å². The molecule has 0 heterocycles. The van der Waals surface area contributed by atoms with Crippen molar-refractivity contribution >= 4 is 15.9 Å². The molecular formula is C15H16BrNO2. The molecular weight excluding hydrogens is 306 g/mol. The zero-order chi connectivity index (χ0) is 13.8. The average Bonchev–Trinajstić information content (AvgIpc) is 2.39. The third-order valence-electron chi connectivity index (χ3n) is 2.80. The zero-order valence-electron chi connectivity index (χ0n) is 10.6. The molecule has 3 N–H and O–H groups in total. The van der Waals surface area contributed by atoms with Crippen molar-refractivity contribution in [2.45, 2.75) is 19.6 Å². The van der Waals surface area contributed by atoms with Crippen LogP contribution in [0.3, 0.4) is 0 Å². The maximum Gasteiger partial charge on any atom is 0.133 e. The number of ether oxygens (including phenoxy) is 1. The normalized spacial score (nSPS) is 12.2. The summed E-state index contributed by atoms with van der Waals surface area (Å²) in [5.41, 5.74) is 7.74. The molecule has 19 heavy (non-hydrogen) atoms. The summed E-state index contributed by atoms with van der Waals surface area (Å²) in [6.45, 7) is 1.95. The Bertz CT molecular complexity index is 553. The summed E-state index contributed by atoms with van der Waals surface area (Å²) in [6.07, 6.45) is 0. The van der Waals surface area contributed by atoms with E-state index in [1.807, 2.05) is 49.4 Å². The van der Waals surface area contributed by atoms with Crippen LogP contribution in [-0.4, -0.2) is 5.11 Å². The van der Waals surface area contributed by atoms with Crippen molar-refractivity contribution in [1.82, 2.24) is 0 Å². The highest BCUT2D eigenvalue weighted by atomic mass is 79.9. The molecule has 3 nitrogen and oxygen atoms in total. The van der Waals surface area contributed by atoms with Crippen molar-refractivity contribution in [3.8, 4) is 11.5 Å². The van der Waals surface area contributed by atoms with Gasteiger partial charge in [-0.15, -0.1) is 0 Å². The Hall–Kier alpha value is -1.36. The van der Waals surface area contributed by atoms with E-state index in [9.17, 15) is 0 Å². The third kappa shape index (κ3) is 3.56. The Morgan fingerprint density at radius 3 is 2.47 bits per heavy atom. The Morgan fingerprint density at radius 1 is 1.21 bits per heavy atom. The van der Waals surface area contributed by atoms with Gasteiger partial charge in [0.2, 0.25) is 0 Å². The summed E-state index contributed by atoms with van der Waals surface area (Å²) < 4.78 is 6.80. The van der Waals surface area contributed by atoms with Crippen molar-refractivity contribution in [3.63, 3.8) is 0 Å². The second-order valence-electron chi connectivity index (χ2n) is 4.37. The van der Waals surface area contributed by atoms with Crippen LogP contribution in [-0.2, 0) is 6.61 Å². The molecule has 0 radical (unpaired) electrons. The highest BCUT2D eigenvalue weighted by molar-refractivity contribution is 9.10. The van der Waals surface area contributed by atoms with Gasteiger partial charge in [-0.25, -0.2) is 0 Å². The fourth-order valence-corrected chi connectivity index (χ4v) is 2.10. The number of nitrogens with two attached hydrogens (primary N) is 1. The largest absolute Gasteiger partial charge is 0.457 e. The Morgan fingerprint density at radius 2 is 1.89 bits per heavy atom. The molecule has 100 valence electrons. The van der Waals surface area contributed by atoms with E-state index in [0.29, 0.717) is 0 Å². The fourth-order valence-electron chi connectivity index (χ4n) is 1.76. The Labute approximate surface area is 121 Å². The van der Waals surface area contributed by atoms with E-state index in [1.54, 1.807) is 0 Å². The lowest BCUT2D eigenvalue weighted by molar-refractivity contribution is 0.281. The topological polar surface area (TPSA) is 55.5 Å². The van der Waals surface area contributed by atoms with E-state index in [2.05, 4.69) is 15.9 Å². The van der Waals surface area contributed by atoms with Gasteiger partial charge in [0.25, 0.3) is 0 Å². The van der Waals surface area contributed by atoms with E-state index >= 15 is 0 Å². The maximum atomic E-state index is 9.01. The molecule has 0 aliphatic carbocycles. The molecule has 0 fully saturated rings. The standard InChI is InChI=1S/C15H16BrNO2/c1-10(17)14-7-4-12(16)8-15(14)19-13-5-2-11(9-18)3-6-13/h2-8,10,18H,9,17H2,1H3. The number of aliphatic hydroxyl groups excluding tert-OH is 1. The van der Waals surface area contributed by atoms with Gasteiger partial charge in [0.15, 0.2) is 0 Å². The maximum absolute atomic E-state index is 9.01. The molecule has 2 aromatic rings. The summed E-state index contributed by atoms with van der Waals surface area (Å²) in [7, 11) is 0. The predicted molar refractivity (Wildman–Crippen MR) is 79.2 cm³/mol. The van der Waals surface area contributed by atoms with Gasteiger partial charge in [-0.1, -0.05) is 34.1 Å². The van der Waals surface area contributed by atoms with Crippen LogP contribution in [0.25, 0.3) is 0 Å². The predicted octanol–water partition coefficient (Wildman–Crippen LogP) is 3.75. The highest BCUT2D eigenvalue weighted by Crippen LogP contribution is 2.31. The molecule has 0 aliphatic heterocycles. The van der Waals surface area contributed by atoms with E-state index in [1.165, 1.54) is 0 Å². The lowest BCUT2D eigenvalue weighted by atomic mass is 10.1. The average molecular weight is 322 g/mol. The molecule has 0 aromatic heterocycles. The number of halogens is 1. The number of aliphatic hydroxyl groups is 1. The molecule has 0 saturated heterocycles. The summed E-state index contributed by atoms with van der Waals surface area (Å²) in [5, 5.41) is 9.01. The number of hydrogen-bond donors (Lipinski definition) is 2. The van der Waals surface area contributed by atoms with Gasteiger partial charge >= 0.3 is 0 Å². The molecule has 0 spiro atoms. The molecule has 4 heteroatoms. The van der Waals surface area contributed by atoms with Gasteiger partial charge in [-0.05, 0) is 36.8 Å². The molecule has 2 aromatic carbocycles. The van der Waals surface area contributed by atoms with Crippen LogP contribution in [0.4, 0.5) is 0 Å². The van der Waals surface area contributed by atoms with Gasteiger partial charge in [-0.3, -0.25) is 0 Å². The zero-order valence-corrected chi connectivity index (χ0v) is 12.2. The smallest absolute Gasteiger partial charge is 0.133 e. The Balaban J connectivity index is 2.28. The van der Waals surface area contributed by atoms with Crippen molar-refractivity contribution in [1.29, 1.82) is 0 Å². The van der Waals surface area contributed by atoms with Gasteiger partial charge in [0.1, 0.15) is 11.5 Å². The third-order valence-corrected chi connectivity index (χ3v) is 3.29. The minimum Gasteiger partial charge on any atom is -0.457 e. The molecule has 0 bridgehead atoms. The van der Waals surface area contributed by atoms with Crippen LogP contribution in [0.2, 0.25) is 0 Å². The summed E-state index contributed by atoms with van der Waals surface area (Å²) in [5.74, 6) is 1.46. The van der Waals surface area contributed by atoms with Crippen LogP contribution >= 0.6 is 15.9 Å². The quantitative estimate of drug-likeness (QED) is 0.901. The summed E-state index contributed by atoms with van der Waals surface area (Å²) in [6, 6.07) is 13.0. The van der Waals surface area contributed by atoms with E-state index in [0.717, 1.165) is 27.1 Å². The first-order valence-corrected chi connectivity index (χ1v) is 6.82. The van der Waals surface area contributed by atoms with Crippen molar-refractivity contribution in [2.75, 3.05) is 0 Å². The van der Waals surface area contributed by atoms with Crippen molar-refractivity contribution in [3.05, 3.63) is 58.1 Å². The lowest BCUT2D eigenvalue weighted by Gasteiger charge is -2.14. The molecule has 0 amide bonds. The lowest BCUT2D eigenvalue weighted by Crippen LogP contribution is -2.06. The highest BCUT2D eigenvalue weighted by Gasteiger charge is 2.09. The number of benzene rings is 2. The Kier molecular flexibility index (Phi) is 4.58. The van der Waals surface area contributed by atoms with Crippen molar-refractivity contribution in [2.24, 2.45) is 5.73 Å². The summed E-state index contributed by atoms with van der Waals surface area (Å²) >= 11 is 3.43. The fraction of sp³-hybridized carbons (Fsp3) is 0.200. The second kappa shape index (κ2) is 6.19. The summed E-state index contributed by atoms with van der Waals surface area (Å²) in [4.78, 5) is 0. The molecule has 2 rings (SSSR count). The molecule has 1 unspecified atom stereocenters. The molecule has 0 saturated carbocycles. The van der Waals surface area contributed by atoms with Gasteiger partial charge in [0, 0.05) is 16.1 Å². The minimum absolute atomic E-state index is 0.0300. The van der Waals surface area contributed by atoms with Crippen LogP contribution in [0.5, 0.6) is 11.5 Å². The minimum atomic E-state index is -0.0974. The van der Waals surface area contributed by atoms with Gasteiger partial charge in [0.05, 0.1) is 6.61 Å². The number of rotatable bonds is 4. The van der Waals surface area contributed by atoms with E-state index in [4.69, 9.17) is 15.6 Å². The first-order chi connectivity index (χ1) is 9.10. The SMILES string of the molecule is CC(N)c1ccc(Br)cc1Oc1ccc(CO)cc1. The van der Waals surface area contributed by atoms with Crippen LogP contribution in [0, 0.1) is 0 Å². The molecule has 1 atom stereocenters. The van der Waals surface area contributed by atoms with Crippen molar-refractivity contribution < 1.29 is 9.84 Å². The van der Waals surface area contributed by atoms with Crippen LogP contribution < -0.4 is 10.5 Å².